The third kappa shape index (κ3) is 3.02. The van der Waals surface area contributed by atoms with Gasteiger partial charge < -0.3 is 15.3 Å². The zero-order valence-corrected chi connectivity index (χ0v) is 8.91. The summed E-state index contributed by atoms with van der Waals surface area (Å²) in [7, 11) is 0. The second-order valence-electron chi connectivity index (χ2n) is 2.84. The number of hydrogen-bond donors (Lipinski definition) is 2. The van der Waals surface area contributed by atoms with E-state index >= 15 is 0 Å². The average Bonchev–Trinajstić information content (AvgIpc) is 2.61. The Morgan fingerprint density at radius 2 is 2.27 bits per heavy atom. The van der Waals surface area contributed by atoms with Crippen molar-refractivity contribution in [3.05, 3.63) is 17.9 Å². The molecule has 0 fully saturated rings. The lowest BCUT2D eigenvalue weighted by atomic mass is 10.3. The molecule has 0 aliphatic rings. The van der Waals surface area contributed by atoms with Gasteiger partial charge in [0, 0.05) is 0 Å². The molecule has 0 aliphatic heterocycles. The van der Waals surface area contributed by atoms with Gasteiger partial charge in [-0.15, -0.1) is 0 Å². The van der Waals surface area contributed by atoms with Crippen molar-refractivity contribution in [2.24, 2.45) is 5.73 Å². The maximum atomic E-state index is 10.9. The molecule has 0 saturated heterocycles. The van der Waals surface area contributed by atoms with Gasteiger partial charge in [-0.3, -0.25) is 4.79 Å². The van der Waals surface area contributed by atoms with Crippen LogP contribution >= 0.6 is 11.8 Å². The number of carboxylic acids is 1. The van der Waals surface area contributed by atoms with Crippen LogP contribution in [0, 0.1) is 0 Å². The largest absolute Gasteiger partial charge is 0.475 e. The minimum Gasteiger partial charge on any atom is -0.475 e. The van der Waals surface area contributed by atoms with E-state index in [1.165, 1.54) is 12.1 Å². The summed E-state index contributed by atoms with van der Waals surface area (Å²) < 4.78 is 4.98. The summed E-state index contributed by atoms with van der Waals surface area (Å²) in [4.78, 5) is 21.4. The van der Waals surface area contributed by atoms with Gasteiger partial charge in [0.25, 0.3) is 0 Å². The van der Waals surface area contributed by atoms with Crippen LogP contribution in [0.5, 0.6) is 0 Å². The number of thioether (sulfide) groups is 1. The minimum atomic E-state index is -1.13. The van der Waals surface area contributed by atoms with Crippen LogP contribution in [0.4, 0.5) is 0 Å². The standard InChI is InChI=1S/C9H11NO4S/c1-2-6(8(10)11)15-7-4-3-5(14-7)9(12)13/h3-4,6H,2H2,1H3,(H2,10,11)(H,12,13). The first kappa shape index (κ1) is 11.6. The SMILES string of the molecule is CCC(Sc1ccc(C(=O)O)o1)C(N)=O. The molecule has 0 bridgehead atoms. The van der Waals surface area contributed by atoms with Crippen molar-refractivity contribution in [3.63, 3.8) is 0 Å². The fourth-order valence-electron chi connectivity index (χ4n) is 0.981. The molecular formula is C9H11NO4S. The first-order chi connectivity index (χ1) is 7.04. The second-order valence-corrected chi connectivity index (χ2v) is 4.05. The van der Waals surface area contributed by atoms with Crippen molar-refractivity contribution in [2.45, 2.75) is 23.7 Å². The first-order valence-electron chi connectivity index (χ1n) is 4.33. The van der Waals surface area contributed by atoms with Crippen LogP contribution in [-0.2, 0) is 4.79 Å². The number of furan rings is 1. The van der Waals surface area contributed by atoms with Gasteiger partial charge in [-0.25, -0.2) is 4.79 Å². The lowest BCUT2D eigenvalue weighted by Crippen LogP contribution is -2.24. The van der Waals surface area contributed by atoms with E-state index in [0.717, 1.165) is 11.8 Å². The van der Waals surface area contributed by atoms with E-state index in [1.54, 1.807) is 0 Å². The summed E-state index contributed by atoms with van der Waals surface area (Å²) in [6.07, 6.45) is 0.573. The van der Waals surface area contributed by atoms with E-state index in [9.17, 15) is 9.59 Å². The van der Waals surface area contributed by atoms with Gasteiger partial charge in [-0.05, 0) is 18.6 Å². The average molecular weight is 229 g/mol. The number of nitrogens with two attached hydrogens (primary N) is 1. The summed E-state index contributed by atoms with van der Waals surface area (Å²) in [6, 6.07) is 2.86. The fraction of sp³-hybridized carbons (Fsp3) is 0.333. The smallest absolute Gasteiger partial charge is 0.371 e. The molecule has 1 unspecified atom stereocenters. The Morgan fingerprint density at radius 3 is 2.67 bits per heavy atom. The van der Waals surface area contributed by atoms with Gasteiger partial charge >= 0.3 is 5.97 Å². The quantitative estimate of drug-likeness (QED) is 0.743. The third-order valence-corrected chi connectivity index (χ3v) is 3.04. The Hall–Kier alpha value is -1.43. The summed E-state index contributed by atoms with van der Waals surface area (Å²) >= 11 is 1.13. The number of aromatic carboxylic acids is 1. The number of rotatable bonds is 5. The lowest BCUT2D eigenvalue weighted by Gasteiger charge is -2.06. The maximum absolute atomic E-state index is 10.9. The van der Waals surface area contributed by atoms with Crippen molar-refractivity contribution >= 4 is 23.6 Å². The van der Waals surface area contributed by atoms with E-state index in [1.807, 2.05) is 6.92 Å². The Morgan fingerprint density at radius 1 is 1.60 bits per heavy atom. The van der Waals surface area contributed by atoms with Gasteiger partial charge in [-0.2, -0.15) is 0 Å². The first-order valence-corrected chi connectivity index (χ1v) is 5.21. The predicted molar refractivity (Wildman–Crippen MR) is 54.8 cm³/mol. The van der Waals surface area contributed by atoms with Crippen LogP contribution in [0.25, 0.3) is 0 Å². The van der Waals surface area contributed by atoms with Crippen molar-refractivity contribution in [2.75, 3.05) is 0 Å². The summed E-state index contributed by atoms with van der Waals surface area (Å²) in [5.41, 5.74) is 5.14. The van der Waals surface area contributed by atoms with Crippen LogP contribution in [0.3, 0.4) is 0 Å². The number of carbonyl (C=O) groups excluding carboxylic acids is 1. The predicted octanol–water partition coefficient (Wildman–Crippen LogP) is 1.33. The molecule has 1 heterocycles. The van der Waals surface area contributed by atoms with Crippen molar-refractivity contribution < 1.29 is 19.1 Å². The van der Waals surface area contributed by atoms with Crippen molar-refractivity contribution in [1.82, 2.24) is 0 Å². The number of carboxylic acid groups (broad SMARTS) is 1. The summed E-state index contributed by atoms with van der Waals surface area (Å²) in [6.45, 7) is 1.82. The highest BCUT2D eigenvalue weighted by atomic mass is 32.2. The molecule has 1 amide bonds. The van der Waals surface area contributed by atoms with Gasteiger partial charge in [0.2, 0.25) is 11.7 Å². The molecular weight excluding hydrogens is 218 g/mol. The van der Waals surface area contributed by atoms with Crippen molar-refractivity contribution in [1.29, 1.82) is 0 Å². The molecule has 0 aliphatic carbocycles. The molecule has 0 aromatic carbocycles. The van der Waals surface area contributed by atoms with E-state index in [2.05, 4.69) is 0 Å². The highest BCUT2D eigenvalue weighted by Gasteiger charge is 2.17. The molecule has 15 heavy (non-hydrogen) atoms. The van der Waals surface area contributed by atoms with Gasteiger partial charge in [0.05, 0.1) is 5.25 Å². The summed E-state index contributed by atoms with van der Waals surface area (Å²) in [5.74, 6) is -1.71. The van der Waals surface area contributed by atoms with Gasteiger partial charge in [0.1, 0.15) is 0 Å². The van der Waals surface area contributed by atoms with Crippen LogP contribution in [0.15, 0.2) is 21.6 Å². The molecule has 6 heteroatoms. The maximum Gasteiger partial charge on any atom is 0.371 e. The van der Waals surface area contributed by atoms with E-state index < -0.39 is 17.1 Å². The lowest BCUT2D eigenvalue weighted by molar-refractivity contribution is -0.117. The summed E-state index contributed by atoms with van der Waals surface area (Å²) in [5, 5.41) is 8.60. The molecule has 1 aromatic rings. The number of carbonyl (C=O) groups is 2. The Kier molecular flexibility index (Phi) is 3.79. The van der Waals surface area contributed by atoms with E-state index in [-0.39, 0.29) is 5.76 Å². The van der Waals surface area contributed by atoms with Gasteiger partial charge in [-0.1, -0.05) is 18.7 Å². The normalized spacial score (nSPS) is 12.3. The van der Waals surface area contributed by atoms with E-state index in [4.69, 9.17) is 15.3 Å². The van der Waals surface area contributed by atoms with Gasteiger partial charge in [0.15, 0.2) is 5.09 Å². The third-order valence-electron chi connectivity index (χ3n) is 1.74. The molecule has 1 atom stereocenters. The minimum absolute atomic E-state index is 0.142. The Balaban J connectivity index is 2.71. The topological polar surface area (TPSA) is 93.5 Å². The second kappa shape index (κ2) is 4.88. The zero-order chi connectivity index (χ0) is 11.4. The van der Waals surface area contributed by atoms with Crippen LogP contribution < -0.4 is 5.73 Å². The molecule has 0 saturated carbocycles. The van der Waals surface area contributed by atoms with Crippen LogP contribution in [0.2, 0.25) is 0 Å². The zero-order valence-electron chi connectivity index (χ0n) is 8.10. The molecule has 5 nitrogen and oxygen atoms in total. The number of primary amides is 1. The highest BCUT2D eigenvalue weighted by Crippen LogP contribution is 2.27. The molecule has 82 valence electrons. The Bertz CT molecular complexity index is 374. The molecule has 1 aromatic heterocycles. The molecule has 3 N–H and O–H groups in total. The van der Waals surface area contributed by atoms with Crippen LogP contribution in [-0.4, -0.2) is 22.2 Å². The molecule has 0 radical (unpaired) electrons. The van der Waals surface area contributed by atoms with Crippen molar-refractivity contribution in [3.8, 4) is 0 Å². The highest BCUT2D eigenvalue weighted by molar-refractivity contribution is 8.00. The van der Waals surface area contributed by atoms with Crippen LogP contribution in [0.1, 0.15) is 23.9 Å². The molecule has 1 rings (SSSR count). The number of hydrogen-bond acceptors (Lipinski definition) is 4. The monoisotopic (exact) mass is 229 g/mol. The van der Waals surface area contributed by atoms with E-state index in [0.29, 0.717) is 11.5 Å². The molecule has 0 spiro atoms. The fourth-order valence-corrected chi connectivity index (χ4v) is 1.83. The Labute approximate surface area is 90.6 Å². The number of amides is 1.